The number of sulfonamides is 1. The molecule has 0 bridgehead atoms. The van der Waals surface area contributed by atoms with Gasteiger partial charge in [0.1, 0.15) is 12.7 Å². The summed E-state index contributed by atoms with van der Waals surface area (Å²) in [6.07, 6.45) is 0.515. The van der Waals surface area contributed by atoms with Gasteiger partial charge < -0.3 is 9.47 Å². The van der Waals surface area contributed by atoms with E-state index < -0.39 is 26.0 Å². The number of hydrogen-bond donors (Lipinski definition) is 1. The van der Waals surface area contributed by atoms with Gasteiger partial charge in [-0.1, -0.05) is 12.1 Å². The Balaban J connectivity index is 1.76. The van der Waals surface area contributed by atoms with Crippen molar-refractivity contribution >= 4 is 35.8 Å². The van der Waals surface area contributed by atoms with Gasteiger partial charge >= 0.3 is 0 Å². The van der Waals surface area contributed by atoms with E-state index >= 15 is 0 Å². The fraction of sp³-hybridized carbons (Fsp3) is 0.250. The van der Waals surface area contributed by atoms with Crippen molar-refractivity contribution in [3.8, 4) is 11.5 Å². The van der Waals surface area contributed by atoms with Crippen LogP contribution in [-0.2, 0) is 19.9 Å². The van der Waals surface area contributed by atoms with Crippen LogP contribution in [0.15, 0.2) is 56.7 Å². The number of ether oxygens (including phenoxy) is 2. The van der Waals surface area contributed by atoms with Crippen LogP contribution in [0.2, 0.25) is 0 Å². The van der Waals surface area contributed by atoms with E-state index in [1.54, 1.807) is 18.2 Å². The fourth-order valence-electron chi connectivity index (χ4n) is 2.36. The zero-order valence-electron chi connectivity index (χ0n) is 13.7. The van der Waals surface area contributed by atoms with Crippen molar-refractivity contribution in [3.05, 3.63) is 46.9 Å². The molecule has 1 aliphatic heterocycles. The molecule has 2 aromatic carbocycles. The molecule has 1 N–H and O–H groups in total. The van der Waals surface area contributed by atoms with Crippen LogP contribution in [0.25, 0.3) is 0 Å². The van der Waals surface area contributed by atoms with Crippen molar-refractivity contribution in [2.45, 2.75) is 15.9 Å². The van der Waals surface area contributed by atoms with Gasteiger partial charge in [0.05, 0.1) is 16.3 Å². The van der Waals surface area contributed by atoms with E-state index in [9.17, 15) is 16.8 Å². The van der Waals surface area contributed by atoms with E-state index in [0.29, 0.717) is 11.5 Å². The number of hydrogen-bond acceptors (Lipinski definition) is 6. The molecule has 0 aromatic heterocycles. The van der Waals surface area contributed by atoms with E-state index in [1.165, 1.54) is 12.1 Å². The highest BCUT2D eigenvalue weighted by atomic mass is 79.9. The Morgan fingerprint density at radius 1 is 1.12 bits per heavy atom. The van der Waals surface area contributed by atoms with Crippen LogP contribution >= 0.6 is 15.9 Å². The molecule has 0 fully saturated rings. The summed E-state index contributed by atoms with van der Waals surface area (Å²) in [5.74, 6) is 1.15. The molecule has 0 radical (unpaired) electrons. The van der Waals surface area contributed by atoms with Crippen LogP contribution in [0.5, 0.6) is 11.5 Å². The molecular weight excluding hydrogens is 446 g/mol. The van der Waals surface area contributed by atoms with Crippen LogP contribution in [-0.4, -0.2) is 42.3 Å². The summed E-state index contributed by atoms with van der Waals surface area (Å²) < 4.78 is 62.5. The van der Waals surface area contributed by atoms with E-state index in [1.807, 2.05) is 6.07 Å². The van der Waals surface area contributed by atoms with E-state index in [0.717, 1.165) is 12.3 Å². The van der Waals surface area contributed by atoms with Crippen molar-refractivity contribution in [1.82, 2.24) is 4.72 Å². The first-order valence-corrected chi connectivity index (χ1v) is 11.7. The Bertz CT molecular complexity index is 1040. The number of sulfone groups is 1. The summed E-state index contributed by atoms with van der Waals surface area (Å²) in [6.45, 7) is 0.177. The first-order chi connectivity index (χ1) is 12.2. The molecule has 1 aliphatic rings. The maximum Gasteiger partial charge on any atom is 0.241 e. The zero-order valence-corrected chi connectivity index (χ0v) is 16.9. The second-order valence-electron chi connectivity index (χ2n) is 5.71. The largest absolute Gasteiger partial charge is 0.486 e. The lowest BCUT2D eigenvalue weighted by Gasteiger charge is -2.26. The first kappa shape index (κ1) is 19.2. The molecule has 1 atom stereocenters. The molecule has 1 unspecified atom stereocenters. The summed E-state index contributed by atoms with van der Waals surface area (Å²) in [4.78, 5) is -0.232. The molecule has 0 spiro atoms. The quantitative estimate of drug-likeness (QED) is 0.730. The van der Waals surface area contributed by atoms with Crippen LogP contribution in [0.4, 0.5) is 0 Å². The normalized spacial score (nSPS) is 17.1. The Kier molecular flexibility index (Phi) is 5.29. The molecule has 0 saturated carbocycles. The highest BCUT2D eigenvalue weighted by Crippen LogP contribution is 2.31. The molecule has 26 heavy (non-hydrogen) atoms. The molecule has 2 aromatic rings. The van der Waals surface area contributed by atoms with Gasteiger partial charge in [0.25, 0.3) is 0 Å². The minimum Gasteiger partial charge on any atom is -0.486 e. The lowest BCUT2D eigenvalue weighted by atomic mass is 10.2. The zero-order chi connectivity index (χ0) is 18.9. The predicted octanol–water partition coefficient (Wildman–Crippen LogP) is 1.97. The third kappa shape index (κ3) is 4.20. The summed E-state index contributed by atoms with van der Waals surface area (Å²) in [7, 11) is -7.48. The molecule has 0 saturated heterocycles. The van der Waals surface area contributed by atoms with Crippen molar-refractivity contribution in [1.29, 1.82) is 0 Å². The van der Waals surface area contributed by atoms with Gasteiger partial charge in [0.15, 0.2) is 21.3 Å². The number of nitrogens with one attached hydrogen (secondary N) is 1. The molecule has 3 rings (SSSR count). The topological polar surface area (TPSA) is 98.8 Å². The van der Waals surface area contributed by atoms with E-state index in [4.69, 9.17) is 9.47 Å². The van der Waals surface area contributed by atoms with Crippen LogP contribution in [0, 0.1) is 0 Å². The Morgan fingerprint density at radius 3 is 2.50 bits per heavy atom. The summed E-state index contributed by atoms with van der Waals surface area (Å²) in [5, 5.41) is 0. The van der Waals surface area contributed by atoms with Crippen LogP contribution in [0.3, 0.4) is 0 Å². The van der Waals surface area contributed by atoms with Gasteiger partial charge in [0.2, 0.25) is 10.0 Å². The average molecular weight is 462 g/mol. The maximum absolute atomic E-state index is 12.6. The van der Waals surface area contributed by atoms with E-state index in [2.05, 4.69) is 20.7 Å². The first-order valence-electron chi connectivity index (χ1n) is 7.54. The fourth-order valence-corrected chi connectivity index (χ4v) is 5.14. The summed E-state index contributed by atoms with van der Waals surface area (Å²) in [5.41, 5.74) is 0. The Hall–Kier alpha value is -1.62. The lowest BCUT2D eigenvalue weighted by Crippen LogP contribution is -2.40. The van der Waals surface area contributed by atoms with Gasteiger partial charge in [-0.15, -0.1) is 0 Å². The van der Waals surface area contributed by atoms with Gasteiger partial charge in [0, 0.05) is 10.7 Å². The monoisotopic (exact) mass is 461 g/mol. The summed E-state index contributed by atoms with van der Waals surface area (Å²) in [6, 6.07) is 11.0. The van der Waals surface area contributed by atoms with Crippen LogP contribution < -0.4 is 14.2 Å². The highest BCUT2D eigenvalue weighted by molar-refractivity contribution is 9.10. The number of para-hydroxylation sites is 2. The number of rotatable bonds is 5. The SMILES string of the molecule is CS(=O)(=O)c1ccc(Br)c(S(=O)(=O)NCC2COc3ccccc3O2)c1. The van der Waals surface area contributed by atoms with Crippen molar-refractivity contribution < 1.29 is 26.3 Å². The van der Waals surface area contributed by atoms with E-state index in [-0.39, 0.29) is 27.4 Å². The van der Waals surface area contributed by atoms with Crippen LogP contribution in [0.1, 0.15) is 0 Å². The average Bonchev–Trinajstić information content (AvgIpc) is 2.59. The number of halogens is 1. The second kappa shape index (κ2) is 7.18. The molecule has 140 valence electrons. The number of fused-ring (bicyclic) bond motifs is 1. The molecule has 0 amide bonds. The smallest absolute Gasteiger partial charge is 0.241 e. The predicted molar refractivity (Wildman–Crippen MR) is 98.8 cm³/mol. The molecule has 0 aliphatic carbocycles. The lowest BCUT2D eigenvalue weighted by molar-refractivity contribution is 0.0943. The third-order valence-electron chi connectivity index (χ3n) is 3.69. The van der Waals surface area contributed by atoms with Gasteiger partial charge in [-0.3, -0.25) is 0 Å². The minimum absolute atomic E-state index is 0.0216. The maximum atomic E-state index is 12.6. The Labute approximate surface area is 160 Å². The minimum atomic E-state index is -3.95. The van der Waals surface area contributed by atoms with Crippen molar-refractivity contribution in [2.24, 2.45) is 0 Å². The van der Waals surface area contributed by atoms with Crippen molar-refractivity contribution in [2.75, 3.05) is 19.4 Å². The molecule has 7 nitrogen and oxygen atoms in total. The molecule has 1 heterocycles. The highest BCUT2D eigenvalue weighted by Gasteiger charge is 2.25. The van der Waals surface area contributed by atoms with Crippen molar-refractivity contribution in [3.63, 3.8) is 0 Å². The molecular formula is C16H16BrNO6S2. The second-order valence-corrected chi connectivity index (χ2v) is 10.3. The molecule has 10 heteroatoms. The third-order valence-corrected chi connectivity index (χ3v) is 7.22. The van der Waals surface area contributed by atoms with Gasteiger partial charge in [-0.05, 0) is 46.3 Å². The standard InChI is InChI=1S/C16H16BrNO6S2/c1-25(19,20)12-6-7-13(17)16(8-12)26(21,22)18-9-11-10-23-14-4-2-3-5-15(14)24-11/h2-8,11,18H,9-10H2,1H3. The summed E-state index contributed by atoms with van der Waals surface area (Å²) >= 11 is 3.15. The van der Waals surface area contributed by atoms with Gasteiger partial charge in [-0.2, -0.15) is 0 Å². The number of benzene rings is 2. The Morgan fingerprint density at radius 2 is 1.81 bits per heavy atom. The van der Waals surface area contributed by atoms with Gasteiger partial charge in [-0.25, -0.2) is 21.6 Å².